The van der Waals surface area contributed by atoms with Gasteiger partial charge < -0.3 is 28.4 Å². The van der Waals surface area contributed by atoms with E-state index in [-0.39, 0.29) is 34.7 Å². The van der Waals surface area contributed by atoms with Crippen LogP contribution in [0.5, 0.6) is 34.5 Å². The van der Waals surface area contributed by atoms with Crippen molar-refractivity contribution in [3.8, 4) is 34.5 Å². The zero-order valence-corrected chi connectivity index (χ0v) is 36.2. The number of ether oxygens (including phenoxy) is 6. The van der Waals surface area contributed by atoms with E-state index in [4.69, 9.17) is 28.4 Å². The van der Waals surface area contributed by atoms with Crippen molar-refractivity contribution in [3.05, 3.63) is 84.9 Å². The van der Waals surface area contributed by atoms with Crippen LogP contribution in [0.4, 0.5) is 0 Å². The molecule has 7 rings (SSSR count). The standard InChI is InChI=1S/C16H18O2.C12H16O2.C11H14O2.4C2H6/c1-16(2,3)15-10-17-13-8-11-6-4-5-7-12(11)9-14(13)18-15;1-12(2,3)11-8-13-9-6-4-5-7-10(9)14-11;1-11(2,3)10-12-8-6-4-5-7-9(8)13-10;4*1-2/h4-9,15H,10H2,1-3H3;4-7,11H,8H2,1-3H3;4-7,10H,1-3H3;4*1-2H3. The Balaban J connectivity index is 0.000000367. The second kappa shape index (κ2) is 22.2. The third-order valence-corrected chi connectivity index (χ3v) is 7.94. The molecular formula is C47H72O6. The fourth-order valence-corrected chi connectivity index (χ4v) is 4.88. The van der Waals surface area contributed by atoms with Crippen LogP contribution in [0.1, 0.15) is 118 Å². The molecule has 0 saturated heterocycles. The molecule has 4 aromatic carbocycles. The second-order valence-electron chi connectivity index (χ2n) is 15.0. The maximum absolute atomic E-state index is 6.08. The van der Waals surface area contributed by atoms with Gasteiger partial charge in [0.1, 0.15) is 25.4 Å². The molecule has 0 aromatic heterocycles. The van der Waals surface area contributed by atoms with Gasteiger partial charge in [0, 0.05) is 16.2 Å². The third-order valence-electron chi connectivity index (χ3n) is 7.94. The van der Waals surface area contributed by atoms with Gasteiger partial charge >= 0.3 is 0 Å². The molecule has 0 N–H and O–H groups in total. The average molecular weight is 733 g/mol. The molecule has 3 aliphatic heterocycles. The first-order valence-electron chi connectivity index (χ1n) is 19.8. The molecule has 0 radical (unpaired) electrons. The largest absolute Gasteiger partial charge is 0.486 e. The van der Waals surface area contributed by atoms with Gasteiger partial charge in [0.25, 0.3) is 0 Å². The van der Waals surface area contributed by atoms with Crippen molar-refractivity contribution < 1.29 is 28.4 Å². The summed E-state index contributed by atoms with van der Waals surface area (Å²) in [4.78, 5) is 0. The van der Waals surface area contributed by atoms with E-state index in [9.17, 15) is 0 Å². The van der Waals surface area contributed by atoms with E-state index in [2.05, 4.69) is 86.6 Å². The van der Waals surface area contributed by atoms with Gasteiger partial charge in [0.2, 0.25) is 6.29 Å². The summed E-state index contributed by atoms with van der Waals surface area (Å²) in [6.45, 7) is 36.6. The lowest BCUT2D eigenvalue weighted by Gasteiger charge is -2.35. The summed E-state index contributed by atoms with van der Waals surface area (Å²) in [5, 5.41) is 2.38. The third kappa shape index (κ3) is 14.0. The molecule has 3 heterocycles. The quantitative estimate of drug-likeness (QED) is 0.179. The molecule has 0 fully saturated rings. The van der Waals surface area contributed by atoms with E-state index in [1.165, 1.54) is 10.8 Å². The lowest BCUT2D eigenvalue weighted by molar-refractivity contribution is -0.0396. The predicted molar refractivity (Wildman–Crippen MR) is 225 cm³/mol. The Hall–Kier alpha value is -4.06. The summed E-state index contributed by atoms with van der Waals surface area (Å²) in [5.41, 5.74) is 0.218. The van der Waals surface area contributed by atoms with Crippen LogP contribution in [0.25, 0.3) is 10.8 Å². The average Bonchev–Trinajstić information content (AvgIpc) is 3.62. The minimum Gasteiger partial charge on any atom is -0.486 e. The van der Waals surface area contributed by atoms with Gasteiger partial charge in [0.15, 0.2) is 34.5 Å². The van der Waals surface area contributed by atoms with Crippen LogP contribution in [0.2, 0.25) is 0 Å². The summed E-state index contributed by atoms with van der Waals surface area (Å²) in [6, 6.07) is 28.0. The van der Waals surface area contributed by atoms with E-state index >= 15 is 0 Å². The second-order valence-corrected chi connectivity index (χ2v) is 15.0. The van der Waals surface area contributed by atoms with Gasteiger partial charge in [-0.05, 0) is 47.2 Å². The summed E-state index contributed by atoms with van der Waals surface area (Å²) >= 11 is 0. The van der Waals surface area contributed by atoms with Crippen molar-refractivity contribution in [2.45, 2.75) is 136 Å². The van der Waals surface area contributed by atoms with Crippen LogP contribution in [-0.4, -0.2) is 31.7 Å². The Labute approximate surface area is 323 Å². The number of hydrogen-bond donors (Lipinski definition) is 0. The monoisotopic (exact) mass is 733 g/mol. The number of para-hydroxylation sites is 4. The Morgan fingerprint density at radius 3 is 1.09 bits per heavy atom. The molecular weight excluding hydrogens is 661 g/mol. The van der Waals surface area contributed by atoms with E-state index in [0.29, 0.717) is 13.2 Å². The fourth-order valence-electron chi connectivity index (χ4n) is 4.88. The van der Waals surface area contributed by atoms with Gasteiger partial charge in [-0.3, -0.25) is 0 Å². The highest BCUT2D eigenvalue weighted by Crippen LogP contribution is 2.40. The zero-order valence-electron chi connectivity index (χ0n) is 36.2. The van der Waals surface area contributed by atoms with Crippen molar-refractivity contribution >= 4 is 10.8 Å². The Morgan fingerprint density at radius 1 is 0.377 bits per heavy atom. The zero-order chi connectivity index (χ0) is 40.4. The van der Waals surface area contributed by atoms with Crippen molar-refractivity contribution in [2.24, 2.45) is 16.2 Å². The summed E-state index contributed by atoms with van der Waals surface area (Å²) in [5.74, 6) is 5.13. The minimum atomic E-state index is -0.162. The minimum absolute atomic E-state index is 0.0129. The van der Waals surface area contributed by atoms with Crippen molar-refractivity contribution in [1.82, 2.24) is 0 Å². The highest BCUT2D eigenvalue weighted by Gasteiger charge is 2.35. The molecule has 0 bridgehead atoms. The van der Waals surface area contributed by atoms with Crippen LogP contribution in [-0.2, 0) is 0 Å². The highest BCUT2D eigenvalue weighted by molar-refractivity contribution is 5.86. The number of hydrogen-bond acceptors (Lipinski definition) is 6. The smallest absolute Gasteiger partial charge is 0.246 e. The molecule has 0 amide bonds. The van der Waals surface area contributed by atoms with Crippen LogP contribution in [0.15, 0.2) is 84.9 Å². The first-order chi connectivity index (χ1) is 25.2. The van der Waals surface area contributed by atoms with Crippen LogP contribution >= 0.6 is 0 Å². The van der Waals surface area contributed by atoms with Crippen LogP contribution in [0.3, 0.4) is 0 Å². The molecule has 3 aliphatic rings. The van der Waals surface area contributed by atoms with Crippen molar-refractivity contribution in [2.75, 3.05) is 13.2 Å². The normalized spacial score (nSPS) is 16.3. The van der Waals surface area contributed by atoms with E-state index < -0.39 is 0 Å². The van der Waals surface area contributed by atoms with Gasteiger partial charge in [-0.2, -0.15) is 0 Å². The van der Waals surface area contributed by atoms with E-state index in [0.717, 1.165) is 34.5 Å². The Kier molecular flexibility index (Phi) is 19.7. The predicted octanol–water partition coefficient (Wildman–Crippen LogP) is 13.8. The van der Waals surface area contributed by atoms with Gasteiger partial charge in [-0.15, -0.1) is 0 Å². The first kappa shape index (κ1) is 47.0. The van der Waals surface area contributed by atoms with Gasteiger partial charge in [-0.1, -0.05) is 166 Å². The van der Waals surface area contributed by atoms with Gasteiger partial charge in [-0.25, -0.2) is 0 Å². The molecule has 0 saturated carbocycles. The topological polar surface area (TPSA) is 55.4 Å². The molecule has 6 nitrogen and oxygen atoms in total. The lowest BCUT2D eigenvalue weighted by atomic mass is 9.89. The maximum Gasteiger partial charge on any atom is 0.246 e. The molecule has 2 atom stereocenters. The Bertz CT molecular complexity index is 1570. The summed E-state index contributed by atoms with van der Waals surface area (Å²) in [7, 11) is 0. The number of benzene rings is 4. The molecule has 296 valence electrons. The SMILES string of the molecule is CC.CC.CC.CC.CC(C)(C)C1COc2cc3ccccc3cc2O1.CC(C)(C)C1COc2ccccc2O1.CC(C)(C)C1Oc2ccccc2O1. The molecule has 2 unspecified atom stereocenters. The molecule has 53 heavy (non-hydrogen) atoms. The number of fused-ring (bicyclic) bond motifs is 4. The maximum atomic E-state index is 6.08. The number of rotatable bonds is 0. The van der Waals surface area contributed by atoms with Crippen molar-refractivity contribution in [1.29, 1.82) is 0 Å². The highest BCUT2D eigenvalue weighted by atomic mass is 16.7. The summed E-state index contributed by atoms with van der Waals surface area (Å²) in [6.07, 6.45) is 0.0773. The van der Waals surface area contributed by atoms with Crippen LogP contribution in [0, 0.1) is 16.2 Å². The van der Waals surface area contributed by atoms with Crippen LogP contribution < -0.4 is 28.4 Å². The molecule has 0 spiro atoms. The molecule has 6 heteroatoms. The van der Waals surface area contributed by atoms with Gasteiger partial charge in [0.05, 0.1) is 0 Å². The lowest BCUT2D eigenvalue weighted by Crippen LogP contribution is -2.39. The molecule has 0 aliphatic carbocycles. The van der Waals surface area contributed by atoms with E-state index in [1.54, 1.807) is 0 Å². The Morgan fingerprint density at radius 2 is 0.698 bits per heavy atom. The fraction of sp³-hybridized carbons (Fsp3) is 0.532. The van der Waals surface area contributed by atoms with E-state index in [1.807, 2.05) is 116 Å². The summed E-state index contributed by atoms with van der Waals surface area (Å²) < 4.78 is 34.7. The van der Waals surface area contributed by atoms with Crippen molar-refractivity contribution in [3.63, 3.8) is 0 Å². The first-order valence-corrected chi connectivity index (χ1v) is 19.8. The molecule has 4 aromatic rings.